The number of nitro groups is 1. The maximum Gasteiger partial charge on any atom is 0.295 e. The SMILES string of the molecule is CC(C)C(N)CCN(C)C(=O)c1cc(F)cc([N+](=O)[O-])c1N. The van der Waals surface area contributed by atoms with Gasteiger partial charge >= 0.3 is 0 Å². The van der Waals surface area contributed by atoms with Gasteiger partial charge in [0.05, 0.1) is 16.6 Å². The van der Waals surface area contributed by atoms with Crippen molar-refractivity contribution < 1.29 is 14.1 Å². The van der Waals surface area contributed by atoms with E-state index in [0.717, 1.165) is 6.07 Å². The van der Waals surface area contributed by atoms with E-state index in [1.807, 2.05) is 13.8 Å². The van der Waals surface area contributed by atoms with Crippen molar-refractivity contribution in [1.29, 1.82) is 0 Å². The average molecular weight is 312 g/mol. The first-order chi connectivity index (χ1) is 10.1. The van der Waals surface area contributed by atoms with Crippen molar-refractivity contribution in [1.82, 2.24) is 4.90 Å². The zero-order chi connectivity index (χ0) is 17.0. The molecule has 7 nitrogen and oxygen atoms in total. The zero-order valence-electron chi connectivity index (χ0n) is 12.9. The molecule has 0 aliphatic carbocycles. The summed E-state index contributed by atoms with van der Waals surface area (Å²) in [6.45, 7) is 4.29. The molecule has 0 bridgehead atoms. The molecule has 122 valence electrons. The molecule has 0 saturated heterocycles. The Morgan fingerprint density at radius 1 is 1.45 bits per heavy atom. The normalized spacial score (nSPS) is 12.3. The van der Waals surface area contributed by atoms with Gasteiger partial charge in [-0.1, -0.05) is 13.8 Å². The molecule has 0 aliphatic rings. The molecule has 1 atom stereocenters. The first-order valence-electron chi connectivity index (χ1n) is 6.89. The van der Waals surface area contributed by atoms with Gasteiger partial charge in [-0.25, -0.2) is 4.39 Å². The molecule has 22 heavy (non-hydrogen) atoms. The molecule has 1 aromatic rings. The maximum atomic E-state index is 13.5. The number of nitrogen functional groups attached to an aromatic ring is 1. The Labute approximate surface area is 128 Å². The minimum absolute atomic E-state index is 0.0746. The molecule has 1 amide bonds. The maximum absolute atomic E-state index is 13.5. The van der Waals surface area contributed by atoms with Crippen LogP contribution in [0.5, 0.6) is 0 Å². The van der Waals surface area contributed by atoms with E-state index in [9.17, 15) is 19.3 Å². The van der Waals surface area contributed by atoms with E-state index in [1.165, 1.54) is 11.9 Å². The van der Waals surface area contributed by atoms with E-state index in [2.05, 4.69) is 0 Å². The predicted molar refractivity (Wildman–Crippen MR) is 81.9 cm³/mol. The number of nitro benzene ring substituents is 1. The number of nitrogens with two attached hydrogens (primary N) is 2. The van der Waals surface area contributed by atoms with Crippen molar-refractivity contribution >= 4 is 17.3 Å². The second kappa shape index (κ2) is 7.17. The number of hydrogen-bond donors (Lipinski definition) is 2. The summed E-state index contributed by atoms with van der Waals surface area (Å²) in [4.78, 5) is 23.6. The van der Waals surface area contributed by atoms with Gasteiger partial charge in [0.2, 0.25) is 0 Å². The topological polar surface area (TPSA) is 115 Å². The summed E-state index contributed by atoms with van der Waals surface area (Å²) >= 11 is 0. The standard InChI is InChI=1S/C14H21FN4O3/c1-8(2)11(16)4-5-18(3)14(20)10-6-9(15)7-12(13(10)17)19(21)22/h6-8,11H,4-5,16-17H2,1-3H3. The van der Waals surface area contributed by atoms with Crippen LogP contribution >= 0.6 is 0 Å². The van der Waals surface area contributed by atoms with E-state index in [-0.39, 0.29) is 23.2 Å². The highest BCUT2D eigenvalue weighted by Gasteiger charge is 2.24. The molecule has 0 fully saturated rings. The van der Waals surface area contributed by atoms with Crippen LogP contribution in [0, 0.1) is 21.8 Å². The number of rotatable bonds is 6. The van der Waals surface area contributed by atoms with Gasteiger partial charge in [0.15, 0.2) is 0 Å². The van der Waals surface area contributed by atoms with Crippen molar-refractivity contribution in [2.24, 2.45) is 11.7 Å². The van der Waals surface area contributed by atoms with Crippen LogP contribution in [0.1, 0.15) is 30.6 Å². The molecule has 0 heterocycles. The van der Waals surface area contributed by atoms with Crippen molar-refractivity contribution in [2.75, 3.05) is 19.3 Å². The van der Waals surface area contributed by atoms with Gasteiger partial charge in [-0.2, -0.15) is 0 Å². The monoisotopic (exact) mass is 312 g/mol. The Morgan fingerprint density at radius 2 is 2.05 bits per heavy atom. The second-order valence-electron chi connectivity index (χ2n) is 5.57. The molecule has 0 radical (unpaired) electrons. The minimum Gasteiger partial charge on any atom is -0.393 e. The van der Waals surface area contributed by atoms with Crippen molar-refractivity contribution in [3.63, 3.8) is 0 Å². The molecule has 0 aromatic heterocycles. The molecule has 1 aromatic carbocycles. The third-order valence-electron chi connectivity index (χ3n) is 3.55. The Hall–Kier alpha value is -2.22. The van der Waals surface area contributed by atoms with Crippen molar-refractivity contribution in [2.45, 2.75) is 26.3 Å². The minimum atomic E-state index is -0.878. The fourth-order valence-corrected chi connectivity index (χ4v) is 1.91. The smallest absolute Gasteiger partial charge is 0.295 e. The lowest BCUT2D eigenvalue weighted by Gasteiger charge is -2.22. The molecule has 4 N–H and O–H groups in total. The summed E-state index contributed by atoms with van der Waals surface area (Å²) in [6.07, 6.45) is 0.567. The zero-order valence-corrected chi connectivity index (χ0v) is 12.9. The van der Waals surface area contributed by atoms with Crippen LogP contribution < -0.4 is 11.5 Å². The number of carbonyl (C=O) groups excluding carboxylic acids is 1. The van der Waals surface area contributed by atoms with Crippen molar-refractivity contribution in [3.8, 4) is 0 Å². The first kappa shape index (κ1) is 17.8. The average Bonchev–Trinajstić information content (AvgIpc) is 2.45. The van der Waals surface area contributed by atoms with Crippen LogP contribution in [0.3, 0.4) is 0 Å². The molecule has 1 rings (SSSR count). The molecule has 8 heteroatoms. The summed E-state index contributed by atoms with van der Waals surface area (Å²) < 4.78 is 13.5. The fourth-order valence-electron chi connectivity index (χ4n) is 1.91. The molecule has 0 saturated carbocycles. The summed E-state index contributed by atoms with van der Waals surface area (Å²) in [5.74, 6) is -1.18. The summed E-state index contributed by atoms with van der Waals surface area (Å²) in [7, 11) is 1.52. The Morgan fingerprint density at radius 3 is 2.55 bits per heavy atom. The highest BCUT2D eigenvalue weighted by atomic mass is 19.1. The lowest BCUT2D eigenvalue weighted by Crippen LogP contribution is -2.35. The van der Waals surface area contributed by atoms with Gasteiger partial charge in [-0.05, 0) is 18.4 Å². The molecule has 1 unspecified atom stereocenters. The van der Waals surface area contributed by atoms with Gasteiger partial charge in [0.25, 0.3) is 11.6 Å². The molecular weight excluding hydrogens is 291 g/mol. The second-order valence-corrected chi connectivity index (χ2v) is 5.57. The lowest BCUT2D eigenvalue weighted by molar-refractivity contribution is -0.384. The summed E-state index contributed by atoms with van der Waals surface area (Å²) in [6, 6.07) is 1.53. The van der Waals surface area contributed by atoms with Gasteiger partial charge in [-0.15, -0.1) is 0 Å². The van der Waals surface area contributed by atoms with Crippen LogP contribution in [0.2, 0.25) is 0 Å². The number of hydrogen-bond acceptors (Lipinski definition) is 5. The number of halogens is 1. The first-order valence-corrected chi connectivity index (χ1v) is 6.89. The number of benzene rings is 1. The van der Waals surface area contributed by atoms with E-state index >= 15 is 0 Å². The van der Waals surface area contributed by atoms with E-state index in [0.29, 0.717) is 19.0 Å². The fraction of sp³-hybridized carbons (Fsp3) is 0.500. The highest BCUT2D eigenvalue weighted by Crippen LogP contribution is 2.27. The Balaban J connectivity index is 2.95. The summed E-state index contributed by atoms with van der Waals surface area (Å²) in [5, 5.41) is 10.8. The number of anilines is 1. The van der Waals surface area contributed by atoms with Gasteiger partial charge in [0.1, 0.15) is 11.5 Å². The van der Waals surface area contributed by atoms with Crippen LogP contribution in [0.25, 0.3) is 0 Å². The molecule has 0 aliphatic heterocycles. The van der Waals surface area contributed by atoms with E-state index < -0.39 is 22.3 Å². The Kier molecular flexibility index (Phi) is 5.81. The Bertz CT molecular complexity index is 577. The molecule has 0 spiro atoms. The third-order valence-corrected chi connectivity index (χ3v) is 3.55. The number of nitrogens with zero attached hydrogens (tertiary/aromatic N) is 2. The lowest BCUT2D eigenvalue weighted by atomic mass is 10.0. The van der Waals surface area contributed by atoms with E-state index in [1.54, 1.807) is 0 Å². The highest BCUT2D eigenvalue weighted by molar-refractivity contribution is 6.00. The van der Waals surface area contributed by atoms with Crippen molar-refractivity contribution in [3.05, 3.63) is 33.6 Å². The third kappa shape index (κ3) is 4.14. The quantitative estimate of drug-likeness (QED) is 0.472. The van der Waals surface area contributed by atoms with Crippen LogP contribution in [0.4, 0.5) is 15.8 Å². The predicted octanol–water partition coefficient (Wildman–Crippen LogP) is 1.76. The van der Waals surface area contributed by atoms with Gasteiger partial charge < -0.3 is 16.4 Å². The number of carbonyl (C=O) groups is 1. The summed E-state index contributed by atoms with van der Waals surface area (Å²) in [5.41, 5.74) is 10.4. The van der Waals surface area contributed by atoms with Gasteiger partial charge in [0, 0.05) is 19.6 Å². The largest absolute Gasteiger partial charge is 0.393 e. The van der Waals surface area contributed by atoms with E-state index in [4.69, 9.17) is 11.5 Å². The molecular formula is C14H21FN4O3. The number of amides is 1. The van der Waals surface area contributed by atoms with Crippen LogP contribution in [-0.2, 0) is 0 Å². The van der Waals surface area contributed by atoms with Crippen LogP contribution in [-0.4, -0.2) is 35.4 Å². The van der Waals surface area contributed by atoms with Gasteiger partial charge in [-0.3, -0.25) is 14.9 Å². The van der Waals surface area contributed by atoms with Crippen LogP contribution in [0.15, 0.2) is 12.1 Å².